The molecule has 0 spiro atoms. The Morgan fingerprint density at radius 3 is 2.82 bits per heavy atom. The number of nitrogens with zero attached hydrogens (tertiary/aromatic N) is 2. The third-order valence-corrected chi connectivity index (χ3v) is 3.67. The van der Waals surface area contributed by atoms with Gasteiger partial charge in [0.05, 0.1) is 24.5 Å². The number of furan rings is 1. The summed E-state index contributed by atoms with van der Waals surface area (Å²) in [4.78, 5) is 0. The van der Waals surface area contributed by atoms with Crippen molar-refractivity contribution in [3.63, 3.8) is 0 Å². The Morgan fingerprint density at radius 1 is 1.05 bits per heavy atom. The molecule has 0 saturated heterocycles. The molecule has 2 aromatic carbocycles. The number of hydrogen-bond acceptors (Lipinski definition) is 2. The highest BCUT2D eigenvalue weighted by Crippen LogP contribution is 2.25. The predicted octanol–water partition coefficient (Wildman–Crippen LogP) is 4.48. The molecule has 2 heterocycles. The molecule has 0 saturated carbocycles. The van der Waals surface area contributed by atoms with Gasteiger partial charge in [-0.15, -0.1) is 0 Å². The molecule has 0 unspecified atom stereocenters. The monoisotopic (exact) mass is 292 g/mol. The first-order valence-corrected chi connectivity index (χ1v) is 7.03. The Balaban J connectivity index is 1.71. The molecule has 0 aliphatic rings. The van der Waals surface area contributed by atoms with E-state index in [1.807, 2.05) is 47.3 Å². The van der Waals surface area contributed by atoms with Crippen LogP contribution < -0.4 is 0 Å². The summed E-state index contributed by atoms with van der Waals surface area (Å²) in [6, 6.07) is 16.4. The van der Waals surface area contributed by atoms with Gasteiger partial charge in [0.25, 0.3) is 0 Å². The molecule has 4 heteroatoms. The Hall–Kier alpha value is -2.88. The van der Waals surface area contributed by atoms with Crippen molar-refractivity contribution in [2.24, 2.45) is 0 Å². The Labute approximate surface area is 126 Å². The van der Waals surface area contributed by atoms with Crippen molar-refractivity contribution in [3.05, 3.63) is 78.4 Å². The van der Waals surface area contributed by atoms with Gasteiger partial charge in [0, 0.05) is 10.9 Å². The summed E-state index contributed by atoms with van der Waals surface area (Å²) in [5, 5.41) is 5.44. The van der Waals surface area contributed by atoms with Gasteiger partial charge in [0.2, 0.25) is 0 Å². The molecule has 3 nitrogen and oxygen atoms in total. The molecule has 0 aliphatic heterocycles. The molecule has 2 aromatic heterocycles. The minimum absolute atomic E-state index is 0.228. The molecule has 0 atom stereocenters. The quantitative estimate of drug-likeness (QED) is 0.557. The van der Waals surface area contributed by atoms with Gasteiger partial charge >= 0.3 is 0 Å². The molecular weight excluding hydrogens is 279 g/mol. The fourth-order valence-electron chi connectivity index (χ4n) is 2.62. The van der Waals surface area contributed by atoms with E-state index < -0.39 is 0 Å². The summed E-state index contributed by atoms with van der Waals surface area (Å²) in [6.45, 7) is 0.543. The lowest BCUT2D eigenvalue weighted by molar-refractivity contribution is 0.582. The third kappa shape index (κ3) is 2.29. The average Bonchev–Trinajstić information content (AvgIpc) is 3.17. The van der Waals surface area contributed by atoms with Crippen molar-refractivity contribution in [3.8, 4) is 11.3 Å². The molecular formula is C18H13FN2O. The summed E-state index contributed by atoms with van der Waals surface area (Å²) in [5.41, 5.74) is 2.92. The maximum absolute atomic E-state index is 13.3. The summed E-state index contributed by atoms with van der Waals surface area (Å²) < 4.78 is 20.6. The zero-order valence-corrected chi connectivity index (χ0v) is 11.7. The van der Waals surface area contributed by atoms with Crippen LogP contribution in [0.15, 0.2) is 71.5 Å². The number of benzene rings is 2. The van der Waals surface area contributed by atoms with E-state index in [1.165, 1.54) is 12.1 Å². The van der Waals surface area contributed by atoms with Crippen LogP contribution in [0.5, 0.6) is 0 Å². The number of rotatable bonds is 3. The highest BCUT2D eigenvalue weighted by molar-refractivity contribution is 5.83. The van der Waals surface area contributed by atoms with Crippen LogP contribution in [0.4, 0.5) is 4.39 Å². The van der Waals surface area contributed by atoms with E-state index in [1.54, 1.807) is 12.3 Å². The molecule has 22 heavy (non-hydrogen) atoms. The van der Waals surface area contributed by atoms with Crippen molar-refractivity contribution in [1.82, 2.24) is 9.78 Å². The first-order chi connectivity index (χ1) is 10.8. The zero-order valence-electron chi connectivity index (χ0n) is 11.7. The lowest BCUT2D eigenvalue weighted by Crippen LogP contribution is -2.01. The largest absolute Gasteiger partial charge is 0.464 e. The van der Waals surface area contributed by atoms with E-state index in [2.05, 4.69) is 5.10 Å². The second-order valence-corrected chi connectivity index (χ2v) is 5.18. The molecule has 0 radical (unpaired) electrons. The van der Waals surface area contributed by atoms with Crippen LogP contribution in [-0.2, 0) is 6.54 Å². The van der Waals surface area contributed by atoms with Crippen LogP contribution >= 0.6 is 0 Å². The van der Waals surface area contributed by atoms with Crippen LogP contribution in [-0.4, -0.2) is 9.78 Å². The minimum atomic E-state index is -0.228. The van der Waals surface area contributed by atoms with Crippen molar-refractivity contribution in [1.29, 1.82) is 0 Å². The number of fused-ring (bicyclic) bond motifs is 1. The van der Waals surface area contributed by atoms with Crippen LogP contribution in [0.3, 0.4) is 0 Å². The molecule has 4 aromatic rings. The molecule has 0 amide bonds. The van der Waals surface area contributed by atoms with Gasteiger partial charge in [0.1, 0.15) is 11.6 Å². The van der Waals surface area contributed by atoms with Gasteiger partial charge in [-0.05, 0) is 48.0 Å². The van der Waals surface area contributed by atoms with Crippen molar-refractivity contribution in [2.45, 2.75) is 6.54 Å². The first kappa shape index (κ1) is 12.8. The van der Waals surface area contributed by atoms with Crippen molar-refractivity contribution in [2.75, 3.05) is 0 Å². The smallest absolute Gasteiger partial charge is 0.133 e. The van der Waals surface area contributed by atoms with Crippen LogP contribution in [0.2, 0.25) is 0 Å². The summed E-state index contributed by atoms with van der Waals surface area (Å²) in [5.74, 6) is 0.605. The average molecular weight is 292 g/mol. The highest BCUT2D eigenvalue weighted by Gasteiger charge is 2.07. The highest BCUT2D eigenvalue weighted by atomic mass is 19.1. The van der Waals surface area contributed by atoms with Gasteiger partial charge in [0.15, 0.2) is 0 Å². The van der Waals surface area contributed by atoms with E-state index in [0.717, 1.165) is 27.8 Å². The number of halogens is 1. The fourth-order valence-corrected chi connectivity index (χ4v) is 2.62. The minimum Gasteiger partial charge on any atom is -0.464 e. The second-order valence-electron chi connectivity index (χ2n) is 5.18. The number of aromatic nitrogens is 2. The Bertz CT molecular complexity index is 925. The molecule has 108 valence electrons. The van der Waals surface area contributed by atoms with E-state index >= 15 is 0 Å². The van der Waals surface area contributed by atoms with Gasteiger partial charge < -0.3 is 4.42 Å². The summed E-state index contributed by atoms with van der Waals surface area (Å²) >= 11 is 0. The lowest BCUT2D eigenvalue weighted by atomic mass is 10.1. The van der Waals surface area contributed by atoms with Gasteiger partial charge in [-0.3, -0.25) is 4.68 Å². The second kappa shape index (κ2) is 5.15. The van der Waals surface area contributed by atoms with Crippen LogP contribution in [0.25, 0.3) is 22.2 Å². The van der Waals surface area contributed by atoms with Gasteiger partial charge in [-0.1, -0.05) is 12.1 Å². The summed E-state index contributed by atoms with van der Waals surface area (Å²) in [6.07, 6.45) is 3.48. The van der Waals surface area contributed by atoms with Crippen LogP contribution in [0, 0.1) is 5.82 Å². The third-order valence-electron chi connectivity index (χ3n) is 3.67. The van der Waals surface area contributed by atoms with Crippen LogP contribution in [0.1, 0.15) is 5.56 Å². The zero-order chi connectivity index (χ0) is 14.9. The molecule has 4 rings (SSSR count). The molecule has 0 aliphatic carbocycles. The molecule has 0 N–H and O–H groups in total. The standard InChI is InChI=1S/C18H13FN2O/c19-16-4-1-3-13(9-16)12-21-17-7-6-14(10-15(17)11-20-21)18-5-2-8-22-18/h1-11H,12H2. The maximum atomic E-state index is 13.3. The Morgan fingerprint density at radius 2 is 2.00 bits per heavy atom. The topological polar surface area (TPSA) is 31.0 Å². The first-order valence-electron chi connectivity index (χ1n) is 7.03. The summed E-state index contributed by atoms with van der Waals surface area (Å²) in [7, 11) is 0. The van der Waals surface area contributed by atoms with E-state index in [-0.39, 0.29) is 5.82 Å². The van der Waals surface area contributed by atoms with E-state index in [4.69, 9.17) is 4.42 Å². The normalized spacial score (nSPS) is 11.1. The predicted molar refractivity (Wildman–Crippen MR) is 82.9 cm³/mol. The van der Waals surface area contributed by atoms with E-state index in [9.17, 15) is 4.39 Å². The van der Waals surface area contributed by atoms with Crippen molar-refractivity contribution >= 4 is 10.9 Å². The maximum Gasteiger partial charge on any atom is 0.133 e. The lowest BCUT2D eigenvalue weighted by Gasteiger charge is -2.05. The Kier molecular flexibility index (Phi) is 3.00. The molecule has 0 bridgehead atoms. The van der Waals surface area contributed by atoms with E-state index in [0.29, 0.717) is 6.54 Å². The SMILES string of the molecule is Fc1cccc(Cn2ncc3cc(-c4ccco4)ccc32)c1. The van der Waals surface area contributed by atoms with Gasteiger partial charge in [-0.25, -0.2) is 4.39 Å². The molecule has 0 fully saturated rings. The van der Waals surface area contributed by atoms with Crippen molar-refractivity contribution < 1.29 is 8.81 Å². The van der Waals surface area contributed by atoms with Gasteiger partial charge in [-0.2, -0.15) is 5.10 Å². The fraction of sp³-hybridized carbons (Fsp3) is 0.0556. The number of hydrogen-bond donors (Lipinski definition) is 0.